The van der Waals surface area contributed by atoms with Crippen LogP contribution in [0.2, 0.25) is 0 Å². The molecule has 0 aromatic carbocycles. The van der Waals surface area contributed by atoms with E-state index in [0.29, 0.717) is 0 Å². The van der Waals surface area contributed by atoms with Crippen LogP contribution in [0.25, 0.3) is 0 Å². The van der Waals surface area contributed by atoms with Crippen LogP contribution in [-0.4, -0.2) is 72.0 Å². The zero-order valence-electron chi connectivity index (χ0n) is 8.69. The molecule has 11 nitrogen and oxygen atoms in total. The van der Waals surface area contributed by atoms with E-state index in [0.717, 1.165) is 0 Å². The average Bonchev–Trinajstić information content (AvgIpc) is 1.84. The number of carbonyl (C=O) groups is 2. The molecule has 18 heavy (non-hydrogen) atoms. The van der Waals surface area contributed by atoms with Gasteiger partial charge in [0.25, 0.3) is 0 Å². The van der Waals surface area contributed by atoms with E-state index in [1.54, 1.807) is 0 Å². The van der Waals surface area contributed by atoms with Gasteiger partial charge in [-0.2, -0.15) is 0 Å². The van der Waals surface area contributed by atoms with Gasteiger partial charge in [-0.05, 0) is 0 Å². The molecule has 0 aromatic heterocycles. The van der Waals surface area contributed by atoms with E-state index in [-0.39, 0.29) is 79.8 Å². The molecular weight excluding hydrogens is 345 g/mol. The van der Waals surface area contributed by atoms with Gasteiger partial charge < -0.3 is 47.8 Å². The molecule has 0 amide bonds. The van der Waals surface area contributed by atoms with Crippen molar-refractivity contribution in [1.29, 1.82) is 0 Å². The van der Waals surface area contributed by atoms with E-state index in [1.807, 2.05) is 0 Å². The van der Waals surface area contributed by atoms with Crippen molar-refractivity contribution in [2.24, 2.45) is 0 Å². The van der Waals surface area contributed by atoms with Gasteiger partial charge in [-0.3, -0.25) is 0 Å². The van der Waals surface area contributed by atoms with E-state index >= 15 is 0 Å². The number of hydrogen-bond donors (Lipinski definition) is 4. The second-order valence-corrected chi connectivity index (χ2v) is 1.57. The average molecular weight is 356 g/mol. The van der Waals surface area contributed by atoms with Gasteiger partial charge in [0.05, 0.1) is 0 Å². The standard InChI is InChI=1S/C4H6O6.Li.Mn.Ni.5H2O/c5-1(3(7)8)2(6)4(9)10;;;;;;;;/h1-2,5-6H,(H,7,8)(H,9,10);;;;5*1H2/q;+1;2*+2;;;;;/p-5. The van der Waals surface area contributed by atoms with Gasteiger partial charge in [-0.25, -0.2) is 9.59 Å². The molecule has 0 rings (SSSR count). The first kappa shape index (κ1) is 63.4. The Morgan fingerprint density at radius 3 is 0.889 bits per heavy atom. The fourth-order valence-electron chi connectivity index (χ4n) is 0.270. The van der Waals surface area contributed by atoms with Crippen molar-refractivity contribution < 1.29 is 110 Å². The van der Waals surface area contributed by atoms with Crippen LogP contribution in [-0.2, 0) is 43.1 Å². The maximum absolute atomic E-state index is 9.77. The van der Waals surface area contributed by atoms with Crippen LogP contribution >= 0.6 is 0 Å². The number of aliphatic carboxylic acids is 2. The summed E-state index contributed by atoms with van der Waals surface area (Å²) in [7, 11) is 0. The van der Waals surface area contributed by atoms with Crippen LogP contribution in [0.4, 0.5) is 0 Å². The maximum atomic E-state index is 9.77. The minimum absolute atomic E-state index is 0. The Labute approximate surface area is 134 Å². The number of rotatable bonds is 3. The topological polar surface area (TPSA) is 265 Å². The van der Waals surface area contributed by atoms with E-state index in [9.17, 15) is 9.59 Å². The molecule has 2 atom stereocenters. The second kappa shape index (κ2) is 30.4. The van der Waals surface area contributed by atoms with Gasteiger partial charge >= 0.3 is 64.4 Å². The molecule has 2 unspecified atom stereocenters. The fraction of sp³-hybridized carbons (Fsp3) is 0.500. The predicted octanol–water partition coefficient (Wildman–Crippen LogP) is -6.01. The third-order valence-corrected chi connectivity index (χ3v) is 0.805. The number of aliphatic hydroxyl groups is 2. The fourth-order valence-corrected chi connectivity index (χ4v) is 0.270. The number of carboxylic acid groups (broad SMARTS) is 2. The number of hydrogen-bond acceptors (Lipinski definition) is 9. The van der Waals surface area contributed by atoms with Crippen molar-refractivity contribution in [3.05, 3.63) is 0 Å². The molecule has 0 bridgehead atoms. The SMILES string of the molecule is O=C(O)C(O)C(O)C(=O)O.[Li+].[Mn+2].[Ni+2].[OH-].[OH-].[OH-].[OH-].[OH-]. The van der Waals surface area contributed by atoms with Crippen molar-refractivity contribution in [2.45, 2.75) is 12.2 Å². The molecule has 0 aliphatic heterocycles. The van der Waals surface area contributed by atoms with E-state index in [2.05, 4.69) is 0 Å². The predicted molar refractivity (Wildman–Crippen MR) is 37.0 cm³/mol. The van der Waals surface area contributed by atoms with Gasteiger partial charge in [0.15, 0.2) is 12.2 Å². The summed E-state index contributed by atoms with van der Waals surface area (Å²) in [6.07, 6.45) is -4.53. The Hall–Kier alpha value is 0.270. The summed E-state index contributed by atoms with van der Waals surface area (Å²) in [5.74, 6) is -3.54. The van der Waals surface area contributed by atoms with Crippen molar-refractivity contribution in [3.63, 3.8) is 0 Å². The molecule has 0 aliphatic carbocycles. The van der Waals surface area contributed by atoms with Crippen molar-refractivity contribution in [3.8, 4) is 0 Å². The normalized spacial score (nSPS) is 8.78. The third-order valence-electron chi connectivity index (χ3n) is 0.805. The maximum Gasteiger partial charge on any atom is 2.00 e. The molecule has 0 saturated carbocycles. The zero-order chi connectivity index (χ0) is 8.31. The molecular formula is C4H11LiMnNiO11. The monoisotopic (exact) mass is 355 g/mol. The number of aliphatic hydroxyl groups excluding tert-OH is 2. The van der Waals surface area contributed by atoms with Gasteiger partial charge in [-0.15, -0.1) is 0 Å². The van der Waals surface area contributed by atoms with E-state index < -0.39 is 24.1 Å². The Morgan fingerprint density at radius 1 is 0.722 bits per heavy atom. The Kier molecular flexibility index (Phi) is 107. The van der Waals surface area contributed by atoms with Crippen LogP contribution in [0.1, 0.15) is 0 Å². The molecule has 14 heteroatoms. The number of carboxylic acids is 2. The van der Waals surface area contributed by atoms with Gasteiger partial charge in [0, 0.05) is 0 Å². The summed E-state index contributed by atoms with van der Waals surface area (Å²) in [4.78, 5) is 19.5. The smallest absolute Gasteiger partial charge is 0.870 e. The molecule has 0 saturated heterocycles. The molecule has 0 fully saturated rings. The minimum Gasteiger partial charge on any atom is -0.870 e. The Morgan fingerprint density at radius 2 is 0.833 bits per heavy atom. The summed E-state index contributed by atoms with van der Waals surface area (Å²) < 4.78 is 0. The van der Waals surface area contributed by atoms with Crippen LogP contribution in [0, 0.1) is 0 Å². The van der Waals surface area contributed by atoms with E-state index in [4.69, 9.17) is 20.4 Å². The Balaban J connectivity index is -0.0000000145. The second-order valence-electron chi connectivity index (χ2n) is 1.57. The molecule has 0 spiro atoms. The molecule has 9 N–H and O–H groups in total. The molecule has 111 valence electrons. The van der Waals surface area contributed by atoms with Crippen LogP contribution < -0.4 is 18.9 Å². The third kappa shape index (κ3) is 25.2. The van der Waals surface area contributed by atoms with Crippen molar-refractivity contribution in [2.75, 3.05) is 0 Å². The van der Waals surface area contributed by atoms with Crippen LogP contribution in [0.5, 0.6) is 0 Å². The molecule has 0 aliphatic rings. The summed E-state index contributed by atoms with van der Waals surface area (Å²) in [6, 6.07) is 0. The van der Waals surface area contributed by atoms with Crippen LogP contribution in [0.3, 0.4) is 0 Å². The van der Waals surface area contributed by atoms with Gasteiger partial charge in [0.2, 0.25) is 0 Å². The molecule has 1 radical (unpaired) electrons. The van der Waals surface area contributed by atoms with Crippen molar-refractivity contribution >= 4 is 11.9 Å². The van der Waals surface area contributed by atoms with Crippen molar-refractivity contribution in [1.82, 2.24) is 0 Å². The first-order chi connectivity index (χ1) is 4.46. The van der Waals surface area contributed by atoms with Gasteiger partial charge in [0.1, 0.15) is 0 Å². The summed E-state index contributed by atoms with van der Waals surface area (Å²) in [5.41, 5.74) is 0. The van der Waals surface area contributed by atoms with Crippen LogP contribution in [0.15, 0.2) is 0 Å². The van der Waals surface area contributed by atoms with E-state index in [1.165, 1.54) is 0 Å². The quantitative estimate of drug-likeness (QED) is 0.346. The summed E-state index contributed by atoms with van der Waals surface area (Å²) >= 11 is 0. The minimum atomic E-state index is -2.27. The molecule has 0 aromatic rings. The summed E-state index contributed by atoms with van der Waals surface area (Å²) in [5, 5.41) is 32.5. The Bertz CT molecular complexity index is 153. The largest absolute Gasteiger partial charge is 2.00 e. The summed E-state index contributed by atoms with van der Waals surface area (Å²) in [6.45, 7) is 0. The first-order valence-electron chi connectivity index (χ1n) is 2.28. The first-order valence-corrected chi connectivity index (χ1v) is 2.28. The van der Waals surface area contributed by atoms with Gasteiger partial charge in [-0.1, -0.05) is 0 Å². The molecule has 0 heterocycles. The zero-order valence-corrected chi connectivity index (χ0v) is 10.9.